The van der Waals surface area contributed by atoms with Crippen LogP contribution in [0.4, 0.5) is 0 Å². The van der Waals surface area contributed by atoms with E-state index in [0.29, 0.717) is 17.6 Å². The maximum absolute atomic E-state index is 12.1. The zero-order chi connectivity index (χ0) is 14.8. The molecule has 0 amide bonds. The number of hydrogen-bond donors (Lipinski definition) is 0. The summed E-state index contributed by atoms with van der Waals surface area (Å²) in [4.78, 5) is 12.1. The van der Waals surface area contributed by atoms with Crippen LogP contribution in [0.25, 0.3) is 0 Å². The molecular weight excluding hydrogens is 252 g/mol. The standard InChI is InChI=1S/C16H32O2Si/c1-12-8-9-14(15(17)10-12)13(2)11-18-19(6,7)16(3,4)5/h12-14H,8-11H2,1-7H3/t12-,13+,14+/m1/s1. The van der Waals surface area contributed by atoms with Crippen LogP contribution < -0.4 is 0 Å². The molecule has 1 saturated carbocycles. The molecule has 3 atom stereocenters. The first-order chi connectivity index (χ1) is 8.54. The van der Waals surface area contributed by atoms with Gasteiger partial charge in [0.15, 0.2) is 8.32 Å². The highest BCUT2D eigenvalue weighted by Gasteiger charge is 2.38. The molecule has 1 aliphatic rings. The average Bonchev–Trinajstić information content (AvgIpc) is 2.24. The number of rotatable bonds is 4. The van der Waals surface area contributed by atoms with Crippen LogP contribution in [0, 0.1) is 17.8 Å². The summed E-state index contributed by atoms with van der Waals surface area (Å²) >= 11 is 0. The Bertz CT molecular complexity index is 317. The number of carbonyl (C=O) groups excluding carboxylic acids is 1. The molecule has 0 bridgehead atoms. The van der Waals surface area contributed by atoms with Crippen molar-refractivity contribution in [1.29, 1.82) is 0 Å². The second-order valence-electron chi connectivity index (χ2n) is 8.01. The van der Waals surface area contributed by atoms with Gasteiger partial charge in [-0.3, -0.25) is 4.79 Å². The first-order valence-electron chi connectivity index (χ1n) is 7.71. The first-order valence-corrected chi connectivity index (χ1v) is 10.6. The summed E-state index contributed by atoms with van der Waals surface area (Å²) in [7, 11) is -1.68. The fraction of sp³-hybridized carbons (Fsp3) is 0.938. The first kappa shape index (κ1) is 16.9. The van der Waals surface area contributed by atoms with E-state index in [9.17, 15) is 4.79 Å². The van der Waals surface area contributed by atoms with Gasteiger partial charge in [0.1, 0.15) is 5.78 Å². The van der Waals surface area contributed by atoms with E-state index in [-0.39, 0.29) is 11.0 Å². The van der Waals surface area contributed by atoms with Crippen molar-refractivity contribution in [3.63, 3.8) is 0 Å². The van der Waals surface area contributed by atoms with Crippen molar-refractivity contribution in [2.75, 3.05) is 6.61 Å². The second kappa shape index (κ2) is 6.09. The molecule has 0 aromatic heterocycles. The van der Waals surface area contributed by atoms with Crippen LogP contribution >= 0.6 is 0 Å². The van der Waals surface area contributed by atoms with Crippen LogP contribution in [-0.2, 0) is 9.22 Å². The van der Waals surface area contributed by atoms with Crippen molar-refractivity contribution in [1.82, 2.24) is 0 Å². The Morgan fingerprint density at radius 3 is 2.37 bits per heavy atom. The minimum absolute atomic E-state index is 0.237. The third-order valence-electron chi connectivity index (χ3n) is 5.13. The number of Topliss-reactive ketones (excluding diaryl/α,β-unsaturated/α-hetero) is 1. The molecular formula is C16H32O2Si. The molecule has 1 fully saturated rings. The summed E-state index contributed by atoms with van der Waals surface area (Å²) in [5.41, 5.74) is 0. The number of carbonyl (C=O) groups is 1. The predicted octanol–water partition coefficient (Wildman–Crippen LogP) is 4.65. The summed E-state index contributed by atoms with van der Waals surface area (Å²) in [6.45, 7) is 16.5. The topological polar surface area (TPSA) is 26.3 Å². The molecule has 112 valence electrons. The van der Waals surface area contributed by atoms with E-state index in [1.54, 1.807) is 0 Å². The zero-order valence-corrected chi connectivity index (χ0v) is 14.9. The van der Waals surface area contributed by atoms with E-state index in [4.69, 9.17) is 4.43 Å². The van der Waals surface area contributed by atoms with Crippen molar-refractivity contribution in [2.24, 2.45) is 17.8 Å². The summed E-state index contributed by atoms with van der Waals surface area (Å²) in [6, 6.07) is 0. The van der Waals surface area contributed by atoms with Crippen molar-refractivity contribution in [3.8, 4) is 0 Å². The predicted molar refractivity (Wildman–Crippen MR) is 83.8 cm³/mol. The maximum Gasteiger partial charge on any atom is 0.191 e. The van der Waals surface area contributed by atoms with Crippen molar-refractivity contribution >= 4 is 14.1 Å². The lowest BCUT2D eigenvalue weighted by molar-refractivity contribution is -0.128. The molecule has 0 spiro atoms. The minimum atomic E-state index is -1.68. The highest BCUT2D eigenvalue weighted by atomic mass is 28.4. The van der Waals surface area contributed by atoms with E-state index in [0.717, 1.165) is 19.4 Å². The van der Waals surface area contributed by atoms with Gasteiger partial charge >= 0.3 is 0 Å². The third-order valence-corrected chi connectivity index (χ3v) is 9.63. The van der Waals surface area contributed by atoms with E-state index in [2.05, 4.69) is 47.7 Å². The van der Waals surface area contributed by atoms with Gasteiger partial charge in [0.25, 0.3) is 0 Å². The summed E-state index contributed by atoms with van der Waals surface area (Å²) in [5, 5.41) is 0.248. The van der Waals surface area contributed by atoms with Gasteiger partial charge in [0.2, 0.25) is 0 Å². The van der Waals surface area contributed by atoms with Crippen molar-refractivity contribution < 1.29 is 9.22 Å². The molecule has 0 radical (unpaired) electrons. The van der Waals surface area contributed by atoms with Crippen LogP contribution in [0.2, 0.25) is 18.1 Å². The van der Waals surface area contributed by atoms with Gasteiger partial charge < -0.3 is 4.43 Å². The van der Waals surface area contributed by atoms with E-state index in [1.807, 2.05) is 0 Å². The molecule has 2 nitrogen and oxygen atoms in total. The molecule has 19 heavy (non-hydrogen) atoms. The molecule has 1 aliphatic carbocycles. The largest absolute Gasteiger partial charge is 0.417 e. The lowest BCUT2D eigenvalue weighted by Crippen LogP contribution is -2.43. The van der Waals surface area contributed by atoms with Crippen molar-refractivity contribution in [3.05, 3.63) is 0 Å². The molecule has 0 N–H and O–H groups in total. The van der Waals surface area contributed by atoms with Gasteiger partial charge in [-0.15, -0.1) is 0 Å². The summed E-state index contributed by atoms with van der Waals surface area (Å²) < 4.78 is 6.27. The molecule has 3 heteroatoms. The molecule has 0 saturated heterocycles. The second-order valence-corrected chi connectivity index (χ2v) is 12.8. The van der Waals surface area contributed by atoms with Crippen molar-refractivity contribution in [2.45, 2.75) is 72.0 Å². The van der Waals surface area contributed by atoms with Gasteiger partial charge in [0.05, 0.1) is 0 Å². The third kappa shape index (κ3) is 4.42. The maximum atomic E-state index is 12.1. The lowest BCUT2D eigenvalue weighted by Gasteiger charge is -2.38. The van der Waals surface area contributed by atoms with E-state index in [1.165, 1.54) is 6.42 Å². The van der Waals surface area contributed by atoms with Gasteiger partial charge in [-0.05, 0) is 42.8 Å². The van der Waals surface area contributed by atoms with Crippen LogP contribution in [0.3, 0.4) is 0 Å². The highest BCUT2D eigenvalue weighted by molar-refractivity contribution is 6.74. The SMILES string of the molecule is C[C@@H]1CC[C@@H]([C@@H](C)CO[Si](C)(C)C(C)(C)C)C(=O)C1. The van der Waals surface area contributed by atoms with Gasteiger partial charge in [-0.25, -0.2) is 0 Å². The van der Waals surface area contributed by atoms with Gasteiger partial charge in [0, 0.05) is 18.9 Å². The summed E-state index contributed by atoms with van der Waals surface area (Å²) in [6.07, 6.45) is 3.03. The molecule has 0 aromatic rings. The Morgan fingerprint density at radius 1 is 1.32 bits per heavy atom. The van der Waals surface area contributed by atoms with Gasteiger partial charge in [-0.1, -0.05) is 34.6 Å². The fourth-order valence-electron chi connectivity index (χ4n) is 2.50. The lowest BCUT2D eigenvalue weighted by atomic mass is 9.76. The fourth-order valence-corrected chi connectivity index (χ4v) is 3.61. The Kier molecular flexibility index (Phi) is 5.41. The van der Waals surface area contributed by atoms with Crippen LogP contribution in [0.15, 0.2) is 0 Å². The van der Waals surface area contributed by atoms with Gasteiger partial charge in [-0.2, -0.15) is 0 Å². The normalized spacial score (nSPS) is 27.4. The molecule has 0 aliphatic heterocycles. The zero-order valence-electron chi connectivity index (χ0n) is 13.9. The number of hydrogen-bond acceptors (Lipinski definition) is 2. The minimum Gasteiger partial charge on any atom is -0.417 e. The van der Waals surface area contributed by atoms with Crippen LogP contribution in [0.5, 0.6) is 0 Å². The van der Waals surface area contributed by atoms with E-state index < -0.39 is 8.32 Å². The Balaban J connectivity index is 2.52. The Hall–Kier alpha value is -0.153. The Morgan fingerprint density at radius 2 is 1.89 bits per heavy atom. The highest BCUT2D eigenvalue weighted by Crippen LogP contribution is 2.38. The van der Waals surface area contributed by atoms with Crippen LogP contribution in [-0.4, -0.2) is 20.7 Å². The Labute approximate surface area is 120 Å². The summed E-state index contributed by atoms with van der Waals surface area (Å²) in [5.74, 6) is 1.65. The van der Waals surface area contributed by atoms with Crippen LogP contribution in [0.1, 0.15) is 53.9 Å². The molecule has 1 rings (SSSR count). The van der Waals surface area contributed by atoms with E-state index >= 15 is 0 Å². The number of ketones is 1. The smallest absolute Gasteiger partial charge is 0.191 e. The average molecular weight is 285 g/mol. The quantitative estimate of drug-likeness (QED) is 0.702. The molecule has 0 heterocycles. The molecule has 0 unspecified atom stereocenters. The molecule has 0 aromatic carbocycles. The monoisotopic (exact) mass is 284 g/mol.